The van der Waals surface area contributed by atoms with E-state index in [1.54, 1.807) is 11.8 Å². The third-order valence-corrected chi connectivity index (χ3v) is 3.99. The van der Waals surface area contributed by atoms with Crippen LogP contribution in [0.1, 0.15) is 23.7 Å². The first-order valence-corrected chi connectivity index (χ1v) is 7.37. The number of hydrogen-bond donors (Lipinski definition) is 1. The molecule has 1 aromatic rings. The van der Waals surface area contributed by atoms with Crippen molar-refractivity contribution in [3.8, 4) is 0 Å². The van der Waals surface area contributed by atoms with Gasteiger partial charge in [-0.1, -0.05) is 18.5 Å². The van der Waals surface area contributed by atoms with Crippen molar-refractivity contribution >= 4 is 35.0 Å². The second-order valence-electron chi connectivity index (χ2n) is 4.01. The molecular weight excluding hydrogens is 288 g/mol. The second kappa shape index (κ2) is 7.35. The van der Waals surface area contributed by atoms with Crippen LogP contribution in [-0.4, -0.2) is 28.9 Å². The Morgan fingerprint density at radius 1 is 1.58 bits per heavy atom. The summed E-state index contributed by atoms with van der Waals surface area (Å²) in [5.74, 6) is -0.273. The van der Waals surface area contributed by atoms with Crippen LogP contribution >= 0.6 is 23.4 Å². The highest BCUT2D eigenvalue weighted by Gasteiger charge is 2.15. The maximum Gasteiger partial charge on any atom is 0.287 e. The summed E-state index contributed by atoms with van der Waals surface area (Å²) in [5.41, 5.74) is 0.127. The molecule has 0 saturated heterocycles. The third kappa shape index (κ3) is 4.72. The number of hydrogen-bond acceptors (Lipinski definition) is 4. The monoisotopic (exact) mass is 302 g/mol. The number of nitro groups is 1. The quantitative estimate of drug-likeness (QED) is 0.647. The molecule has 1 rings (SSSR count). The zero-order valence-corrected chi connectivity index (χ0v) is 12.3. The first kappa shape index (κ1) is 15.8. The largest absolute Gasteiger partial charge is 0.352 e. The van der Waals surface area contributed by atoms with Crippen molar-refractivity contribution in [3.05, 3.63) is 38.9 Å². The SMILES string of the molecule is CSC(C)CCNC(=O)c1ccc([N+](=O)[O-])c(Cl)c1. The molecule has 1 aromatic carbocycles. The second-order valence-corrected chi connectivity index (χ2v) is 5.70. The topological polar surface area (TPSA) is 72.2 Å². The summed E-state index contributed by atoms with van der Waals surface area (Å²) in [6, 6.07) is 3.95. The van der Waals surface area contributed by atoms with Crippen molar-refractivity contribution in [2.24, 2.45) is 0 Å². The number of rotatable bonds is 6. The molecule has 0 aliphatic carbocycles. The highest BCUT2D eigenvalue weighted by atomic mass is 35.5. The van der Waals surface area contributed by atoms with E-state index in [4.69, 9.17) is 11.6 Å². The van der Waals surface area contributed by atoms with E-state index in [0.29, 0.717) is 17.4 Å². The van der Waals surface area contributed by atoms with E-state index in [-0.39, 0.29) is 16.6 Å². The number of halogens is 1. The lowest BCUT2D eigenvalue weighted by molar-refractivity contribution is -0.384. The van der Waals surface area contributed by atoms with Crippen LogP contribution in [0.25, 0.3) is 0 Å². The predicted octanol–water partition coefficient (Wildman–Crippen LogP) is 3.12. The van der Waals surface area contributed by atoms with Crippen LogP contribution in [0.4, 0.5) is 5.69 Å². The van der Waals surface area contributed by atoms with Crippen molar-refractivity contribution in [2.45, 2.75) is 18.6 Å². The van der Waals surface area contributed by atoms with Gasteiger partial charge in [-0.3, -0.25) is 14.9 Å². The van der Waals surface area contributed by atoms with E-state index >= 15 is 0 Å². The van der Waals surface area contributed by atoms with E-state index in [0.717, 1.165) is 6.42 Å². The zero-order chi connectivity index (χ0) is 14.4. The molecule has 5 nitrogen and oxygen atoms in total. The Hall–Kier alpha value is -1.27. The summed E-state index contributed by atoms with van der Waals surface area (Å²) < 4.78 is 0. The van der Waals surface area contributed by atoms with Gasteiger partial charge in [0, 0.05) is 23.4 Å². The van der Waals surface area contributed by atoms with E-state index < -0.39 is 4.92 Å². The van der Waals surface area contributed by atoms with Crippen LogP contribution in [0.5, 0.6) is 0 Å². The Balaban J connectivity index is 2.63. The third-order valence-electron chi connectivity index (χ3n) is 2.65. The number of carbonyl (C=O) groups excluding carboxylic acids is 1. The number of amides is 1. The summed E-state index contributed by atoms with van der Waals surface area (Å²) in [6.07, 6.45) is 2.89. The van der Waals surface area contributed by atoms with Gasteiger partial charge in [0.25, 0.3) is 11.6 Å². The van der Waals surface area contributed by atoms with Crippen LogP contribution in [0, 0.1) is 10.1 Å². The van der Waals surface area contributed by atoms with Gasteiger partial charge in [0.2, 0.25) is 0 Å². The number of benzene rings is 1. The summed E-state index contributed by atoms with van der Waals surface area (Å²) in [7, 11) is 0. The number of nitrogens with one attached hydrogen (secondary N) is 1. The van der Waals surface area contributed by atoms with E-state index in [9.17, 15) is 14.9 Å². The molecule has 0 aromatic heterocycles. The maximum atomic E-state index is 11.8. The number of carbonyl (C=O) groups is 1. The predicted molar refractivity (Wildman–Crippen MR) is 78.0 cm³/mol. The van der Waals surface area contributed by atoms with Gasteiger partial charge in [-0.15, -0.1) is 0 Å². The molecule has 0 spiro atoms. The van der Waals surface area contributed by atoms with Gasteiger partial charge in [0.1, 0.15) is 5.02 Å². The van der Waals surface area contributed by atoms with Crippen molar-refractivity contribution in [2.75, 3.05) is 12.8 Å². The maximum absolute atomic E-state index is 11.8. The Kier molecular flexibility index (Phi) is 6.11. The fourth-order valence-corrected chi connectivity index (χ4v) is 2.01. The average molecular weight is 303 g/mol. The van der Waals surface area contributed by atoms with Gasteiger partial charge < -0.3 is 5.32 Å². The van der Waals surface area contributed by atoms with Crippen LogP contribution in [0.2, 0.25) is 5.02 Å². The van der Waals surface area contributed by atoms with Crippen molar-refractivity contribution in [1.29, 1.82) is 0 Å². The van der Waals surface area contributed by atoms with Crippen LogP contribution < -0.4 is 5.32 Å². The standard InChI is InChI=1S/C12H15ClN2O3S/c1-8(19-2)5-6-14-12(16)9-3-4-11(15(17)18)10(13)7-9/h3-4,7-8H,5-6H2,1-2H3,(H,14,16). The van der Waals surface area contributed by atoms with Crippen LogP contribution in [-0.2, 0) is 0 Å². The smallest absolute Gasteiger partial charge is 0.287 e. The lowest BCUT2D eigenvalue weighted by atomic mass is 10.2. The molecule has 0 aliphatic heterocycles. The van der Waals surface area contributed by atoms with E-state index in [2.05, 4.69) is 12.2 Å². The van der Waals surface area contributed by atoms with Crippen LogP contribution in [0.3, 0.4) is 0 Å². The molecule has 0 heterocycles. The molecule has 0 fully saturated rings. The van der Waals surface area contributed by atoms with Gasteiger partial charge in [-0.25, -0.2) is 0 Å². The zero-order valence-electron chi connectivity index (χ0n) is 10.7. The minimum atomic E-state index is -0.579. The van der Waals surface area contributed by atoms with Gasteiger partial charge in [-0.2, -0.15) is 11.8 Å². The minimum absolute atomic E-state index is 0.0323. The number of thioether (sulfide) groups is 1. The Morgan fingerprint density at radius 2 is 2.26 bits per heavy atom. The summed E-state index contributed by atoms with van der Waals surface area (Å²) >= 11 is 7.48. The number of nitrogens with zero attached hydrogens (tertiary/aromatic N) is 1. The molecule has 1 unspecified atom stereocenters. The van der Waals surface area contributed by atoms with E-state index in [1.807, 2.05) is 6.26 Å². The van der Waals surface area contributed by atoms with Gasteiger partial charge in [-0.05, 0) is 24.8 Å². The molecule has 0 saturated carbocycles. The highest BCUT2D eigenvalue weighted by molar-refractivity contribution is 7.99. The molecule has 104 valence electrons. The molecule has 19 heavy (non-hydrogen) atoms. The van der Waals surface area contributed by atoms with Crippen molar-refractivity contribution in [3.63, 3.8) is 0 Å². The molecule has 1 N–H and O–H groups in total. The molecule has 1 atom stereocenters. The minimum Gasteiger partial charge on any atom is -0.352 e. The first-order valence-electron chi connectivity index (χ1n) is 5.70. The molecule has 7 heteroatoms. The molecule has 0 radical (unpaired) electrons. The highest BCUT2D eigenvalue weighted by Crippen LogP contribution is 2.24. The van der Waals surface area contributed by atoms with Crippen molar-refractivity contribution < 1.29 is 9.72 Å². The summed E-state index contributed by atoms with van der Waals surface area (Å²) in [5, 5.41) is 13.8. The Bertz CT molecular complexity index is 482. The van der Waals surface area contributed by atoms with Gasteiger partial charge >= 0.3 is 0 Å². The van der Waals surface area contributed by atoms with E-state index in [1.165, 1.54) is 18.2 Å². The molecular formula is C12H15ClN2O3S. The first-order chi connectivity index (χ1) is 8.95. The lowest BCUT2D eigenvalue weighted by Gasteiger charge is -2.09. The van der Waals surface area contributed by atoms with Crippen molar-refractivity contribution in [1.82, 2.24) is 5.32 Å². The summed E-state index contributed by atoms with van der Waals surface area (Å²) in [6.45, 7) is 2.65. The fourth-order valence-electron chi connectivity index (χ4n) is 1.41. The molecule has 1 amide bonds. The normalized spacial score (nSPS) is 11.9. The lowest BCUT2D eigenvalue weighted by Crippen LogP contribution is -2.26. The fraction of sp³-hybridized carbons (Fsp3) is 0.417. The van der Waals surface area contributed by atoms with Crippen LogP contribution in [0.15, 0.2) is 18.2 Å². The molecule has 0 bridgehead atoms. The van der Waals surface area contributed by atoms with Gasteiger partial charge in [0.15, 0.2) is 0 Å². The Labute approximate surface area is 120 Å². The van der Waals surface area contributed by atoms with Gasteiger partial charge in [0.05, 0.1) is 4.92 Å². The number of nitro benzene ring substituents is 1. The summed E-state index contributed by atoms with van der Waals surface area (Å²) in [4.78, 5) is 21.8. The molecule has 0 aliphatic rings. The average Bonchev–Trinajstić information content (AvgIpc) is 2.37. The Morgan fingerprint density at radius 3 is 2.79 bits per heavy atom.